The molecular formula is C17H26ClNO. The SMILES string of the molecule is CCCCOCCC(CNC1CC1)c1ccccc1Cl. The van der Waals surface area contributed by atoms with Gasteiger partial charge in [-0.1, -0.05) is 43.1 Å². The van der Waals surface area contributed by atoms with Crippen molar-refractivity contribution < 1.29 is 4.74 Å². The molecule has 0 aliphatic heterocycles. The van der Waals surface area contributed by atoms with Gasteiger partial charge in [-0.05, 0) is 37.3 Å². The minimum Gasteiger partial charge on any atom is -0.381 e. The Hall–Kier alpha value is -0.570. The zero-order chi connectivity index (χ0) is 14.2. The Labute approximate surface area is 127 Å². The normalized spacial score (nSPS) is 16.3. The van der Waals surface area contributed by atoms with E-state index in [1.807, 2.05) is 12.1 Å². The van der Waals surface area contributed by atoms with E-state index in [1.54, 1.807) is 0 Å². The van der Waals surface area contributed by atoms with E-state index in [9.17, 15) is 0 Å². The van der Waals surface area contributed by atoms with E-state index in [0.717, 1.165) is 43.7 Å². The molecule has 1 N–H and O–H groups in total. The molecule has 2 rings (SSSR count). The zero-order valence-corrected chi connectivity index (χ0v) is 13.2. The van der Waals surface area contributed by atoms with Crippen LogP contribution in [0, 0.1) is 0 Å². The van der Waals surface area contributed by atoms with E-state index in [4.69, 9.17) is 16.3 Å². The molecule has 0 heterocycles. The predicted octanol–water partition coefficient (Wildman–Crippen LogP) is 4.38. The Kier molecular flexibility index (Phi) is 6.85. The molecule has 0 spiro atoms. The van der Waals surface area contributed by atoms with Crippen molar-refractivity contribution in [2.75, 3.05) is 19.8 Å². The van der Waals surface area contributed by atoms with Gasteiger partial charge in [-0.3, -0.25) is 0 Å². The van der Waals surface area contributed by atoms with E-state index in [-0.39, 0.29) is 0 Å². The Morgan fingerprint density at radius 3 is 2.80 bits per heavy atom. The molecule has 0 radical (unpaired) electrons. The molecule has 20 heavy (non-hydrogen) atoms. The van der Waals surface area contributed by atoms with Crippen molar-refractivity contribution in [3.8, 4) is 0 Å². The average molecular weight is 296 g/mol. The summed E-state index contributed by atoms with van der Waals surface area (Å²) in [5.74, 6) is 0.450. The van der Waals surface area contributed by atoms with Crippen LogP contribution in [0.15, 0.2) is 24.3 Å². The van der Waals surface area contributed by atoms with Crippen LogP contribution in [0.3, 0.4) is 0 Å². The van der Waals surface area contributed by atoms with Crippen LogP contribution < -0.4 is 5.32 Å². The highest BCUT2D eigenvalue weighted by Crippen LogP contribution is 2.28. The highest BCUT2D eigenvalue weighted by molar-refractivity contribution is 6.31. The Morgan fingerprint density at radius 2 is 2.10 bits per heavy atom. The standard InChI is InChI=1S/C17H26ClNO/c1-2-3-11-20-12-10-14(13-19-15-8-9-15)16-6-4-5-7-17(16)18/h4-7,14-15,19H,2-3,8-13H2,1H3. The lowest BCUT2D eigenvalue weighted by atomic mass is 9.96. The summed E-state index contributed by atoms with van der Waals surface area (Å²) < 4.78 is 5.72. The number of hydrogen-bond donors (Lipinski definition) is 1. The van der Waals surface area contributed by atoms with Crippen LogP contribution in [0.4, 0.5) is 0 Å². The van der Waals surface area contributed by atoms with Gasteiger partial charge in [-0.15, -0.1) is 0 Å². The minimum atomic E-state index is 0.450. The number of rotatable bonds is 10. The molecule has 1 aliphatic rings. The second-order valence-corrected chi connectivity index (χ2v) is 6.06. The van der Waals surface area contributed by atoms with Crippen molar-refractivity contribution in [3.63, 3.8) is 0 Å². The Balaban J connectivity index is 1.84. The molecule has 1 aromatic carbocycles. The van der Waals surface area contributed by atoms with Gasteiger partial charge in [0, 0.05) is 36.7 Å². The molecule has 0 amide bonds. The molecule has 1 saturated carbocycles. The lowest BCUT2D eigenvalue weighted by molar-refractivity contribution is 0.124. The maximum absolute atomic E-state index is 6.34. The van der Waals surface area contributed by atoms with Gasteiger partial charge < -0.3 is 10.1 Å². The largest absolute Gasteiger partial charge is 0.381 e. The van der Waals surface area contributed by atoms with Crippen LogP contribution in [0.5, 0.6) is 0 Å². The van der Waals surface area contributed by atoms with Crippen LogP contribution in [0.1, 0.15) is 50.5 Å². The second kappa shape index (κ2) is 8.66. The van der Waals surface area contributed by atoms with Crippen LogP contribution in [-0.2, 0) is 4.74 Å². The third-order valence-electron chi connectivity index (χ3n) is 3.83. The third kappa shape index (κ3) is 5.43. The fourth-order valence-corrected chi connectivity index (χ4v) is 2.63. The average Bonchev–Trinajstić information content (AvgIpc) is 3.27. The first-order valence-corrected chi connectivity index (χ1v) is 8.24. The van der Waals surface area contributed by atoms with Gasteiger partial charge in [0.2, 0.25) is 0 Å². The lowest BCUT2D eigenvalue weighted by Crippen LogP contribution is -2.24. The van der Waals surface area contributed by atoms with E-state index in [0.29, 0.717) is 5.92 Å². The van der Waals surface area contributed by atoms with Crippen molar-refractivity contribution in [2.45, 2.75) is 51.0 Å². The van der Waals surface area contributed by atoms with Gasteiger partial charge in [0.25, 0.3) is 0 Å². The number of ether oxygens (including phenoxy) is 1. The molecule has 1 aromatic rings. The first-order chi connectivity index (χ1) is 9.81. The van der Waals surface area contributed by atoms with Crippen LogP contribution >= 0.6 is 11.6 Å². The maximum Gasteiger partial charge on any atom is 0.0472 e. The molecular weight excluding hydrogens is 270 g/mol. The highest BCUT2D eigenvalue weighted by Gasteiger charge is 2.23. The number of benzene rings is 1. The molecule has 0 bridgehead atoms. The predicted molar refractivity (Wildman–Crippen MR) is 85.6 cm³/mol. The van der Waals surface area contributed by atoms with E-state index in [2.05, 4.69) is 24.4 Å². The van der Waals surface area contributed by atoms with Gasteiger partial charge >= 0.3 is 0 Å². The van der Waals surface area contributed by atoms with Crippen molar-refractivity contribution in [1.29, 1.82) is 0 Å². The summed E-state index contributed by atoms with van der Waals surface area (Å²) in [5, 5.41) is 4.50. The van der Waals surface area contributed by atoms with E-state index < -0.39 is 0 Å². The van der Waals surface area contributed by atoms with Crippen molar-refractivity contribution in [1.82, 2.24) is 5.32 Å². The first-order valence-electron chi connectivity index (χ1n) is 7.86. The van der Waals surface area contributed by atoms with Crippen molar-refractivity contribution >= 4 is 11.6 Å². The zero-order valence-electron chi connectivity index (χ0n) is 12.4. The molecule has 1 atom stereocenters. The molecule has 1 fully saturated rings. The molecule has 0 saturated heterocycles. The topological polar surface area (TPSA) is 21.3 Å². The number of halogens is 1. The lowest BCUT2D eigenvalue weighted by Gasteiger charge is -2.19. The Bertz CT molecular complexity index is 392. The quantitative estimate of drug-likeness (QED) is 0.647. The monoisotopic (exact) mass is 295 g/mol. The molecule has 1 unspecified atom stereocenters. The van der Waals surface area contributed by atoms with Gasteiger partial charge in [0.05, 0.1) is 0 Å². The maximum atomic E-state index is 6.34. The summed E-state index contributed by atoms with van der Waals surface area (Å²) in [4.78, 5) is 0. The van der Waals surface area contributed by atoms with Crippen LogP contribution in [0.25, 0.3) is 0 Å². The fraction of sp³-hybridized carbons (Fsp3) is 0.647. The summed E-state index contributed by atoms with van der Waals surface area (Å²) >= 11 is 6.34. The second-order valence-electron chi connectivity index (χ2n) is 5.66. The summed E-state index contributed by atoms with van der Waals surface area (Å²) in [5.41, 5.74) is 1.25. The van der Waals surface area contributed by atoms with Crippen LogP contribution in [-0.4, -0.2) is 25.8 Å². The fourth-order valence-electron chi connectivity index (χ4n) is 2.34. The molecule has 0 aromatic heterocycles. The first kappa shape index (κ1) is 15.8. The van der Waals surface area contributed by atoms with Gasteiger partial charge in [-0.2, -0.15) is 0 Å². The molecule has 112 valence electrons. The number of hydrogen-bond acceptors (Lipinski definition) is 2. The smallest absolute Gasteiger partial charge is 0.0472 e. The summed E-state index contributed by atoms with van der Waals surface area (Å²) in [6.07, 6.45) is 6.02. The minimum absolute atomic E-state index is 0.450. The molecule has 3 heteroatoms. The van der Waals surface area contributed by atoms with E-state index >= 15 is 0 Å². The van der Waals surface area contributed by atoms with Crippen molar-refractivity contribution in [3.05, 3.63) is 34.9 Å². The van der Waals surface area contributed by atoms with Gasteiger partial charge in [-0.25, -0.2) is 0 Å². The summed E-state index contributed by atoms with van der Waals surface area (Å²) in [6, 6.07) is 8.94. The highest BCUT2D eigenvalue weighted by atomic mass is 35.5. The summed E-state index contributed by atoms with van der Waals surface area (Å²) in [6.45, 7) is 4.89. The molecule has 2 nitrogen and oxygen atoms in total. The number of nitrogens with one attached hydrogen (secondary N) is 1. The van der Waals surface area contributed by atoms with Crippen LogP contribution in [0.2, 0.25) is 5.02 Å². The Morgan fingerprint density at radius 1 is 1.30 bits per heavy atom. The third-order valence-corrected chi connectivity index (χ3v) is 4.17. The van der Waals surface area contributed by atoms with Gasteiger partial charge in [0.15, 0.2) is 0 Å². The van der Waals surface area contributed by atoms with Gasteiger partial charge in [0.1, 0.15) is 0 Å². The number of unbranched alkanes of at least 4 members (excludes halogenated alkanes) is 1. The summed E-state index contributed by atoms with van der Waals surface area (Å²) in [7, 11) is 0. The molecule has 1 aliphatic carbocycles. The van der Waals surface area contributed by atoms with E-state index in [1.165, 1.54) is 24.8 Å². The van der Waals surface area contributed by atoms with Crippen molar-refractivity contribution in [2.24, 2.45) is 0 Å².